The summed E-state index contributed by atoms with van der Waals surface area (Å²) >= 11 is 0. The third-order valence-corrected chi connectivity index (χ3v) is 3.17. The largest absolute Gasteiger partial charge is 0.490 e. The van der Waals surface area contributed by atoms with Crippen molar-refractivity contribution >= 4 is 5.91 Å². The van der Waals surface area contributed by atoms with E-state index in [0.717, 1.165) is 6.42 Å². The molecule has 1 fully saturated rings. The number of nitrogens with zero attached hydrogens (tertiary/aromatic N) is 1. The first-order valence-corrected chi connectivity index (χ1v) is 6.48. The minimum Gasteiger partial charge on any atom is -0.490 e. The maximum absolute atomic E-state index is 12.4. The molecular weight excluding hydrogens is 244 g/mol. The molecule has 1 heterocycles. The number of benzene rings is 1. The summed E-state index contributed by atoms with van der Waals surface area (Å²) in [6.45, 7) is 2.26. The van der Waals surface area contributed by atoms with Gasteiger partial charge in [-0.05, 0) is 18.6 Å². The van der Waals surface area contributed by atoms with Crippen molar-refractivity contribution in [3.05, 3.63) is 29.8 Å². The zero-order valence-electron chi connectivity index (χ0n) is 11.2. The molecule has 5 nitrogen and oxygen atoms in total. The van der Waals surface area contributed by atoms with Crippen LogP contribution >= 0.6 is 0 Å². The van der Waals surface area contributed by atoms with E-state index in [-0.39, 0.29) is 11.9 Å². The molecule has 1 saturated heterocycles. The Morgan fingerprint density at radius 3 is 2.89 bits per heavy atom. The number of hydrogen-bond acceptors (Lipinski definition) is 4. The molecule has 2 rings (SSSR count). The first kappa shape index (κ1) is 13.8. The summed E-state index contributed by atoms with van der Waals surface area (Å²) in [5.41, 5.74) is 6.43. The normalized spacial score (nSPS) is 18.6. The fourth-order valence-corrected chi connectivity index (χ4v) is 2.15. The molecule has 0 aliphatic carbocycles. The molecule has 1 aliphatic heterocycles. The molecule has 104 valence electrons. The van der Waals surface area contributed by atoms with Gasteiger partial charge in [0.25, 0.3) is 5.91 Å². The molecule has 1 aliphatic rings. The Labute approximate surface area is 113 Å². The van der Waals surface area contributed by atoms with Gasteiger partial charge < -0.3 is 20.1 Å². The summed E-state index contributed by atoms with van der Waals surface area (Å²) in [5.74, 6) is 0.589. The average molecular weight is 264 g/mol. The smallest absolute Gasteiger partial charge is 0.257 e. The molecule has 0 saturated carbocycles. The second kappa shape index (κ2) is 6.54. The van der Waals surface area contributed by atoms with E-state index < -0.39 is 0 Å². The summed E-state index contributed by atoms with van der Waals surface area (Å²) in [7, 11) is 1.62. The quantitative estimate of drug-likeness (QED) is 0.802. The molecule has 0 radical (unpaired) electrons. The lowest BCUT2D eigenvalue weighted by atomic mass is 10.2. The van der Waals surface area contributed by atoms with E-state index in [2.05, 4.69) is 0 Å². The van der Waals surface area contributed by atoms with Crippen molar-refractivity contribution in [1.82, 2.24) is 4.90 Å². The fraction of sp³-hybridized carbons (Fsp3) is 0.500. The molecule has 1 aromatic carbocycles. The number of ether oxygens (including phenoxy) is 2. The van der Waals surface area contributed by atoms with E-state index in [4.69, 9.17) is 15.2 Å². The summed E-state index contributed by atoms with van der Waals surface area (Å²) in [5, 5.41) is 0. The molecule has 1 atom stereocenters. The SMILES string of the molecule is COCCOc1ccccc1C(=O)N1CC[C@@H](N)C1. The van der Waals surface area contributed by atoms with Gasteiger partial charge in [0, 0.05) is 26.2 Å². The number of likely N-dealkylation sites (tertiary alicyclic amines) is 1. The number of hydrogen-bond donors (Lipinski definition) is 1. The molecule has 19 heavy (non-hydrogen) atoms. The minimum absolute atomic E-state index is 0.0130. The van der Waals surface area contributed by atoms with Crippen LogP contribution < -0.4 is 10.5 Å². The molecule has 5 heteroatoms. The first-order chi connectivity index (χ1) is 9.22. The summed E-state index contributed by atoms with van der Waals surface area (Å²) < 4.78 is 10.5. The number of carbonyl (C=O) groups is 1. The maximum Gasteiger partial charge on any atom is 0.257 e. The van der Waals surface area contributed by atoms with E-state index in [9.17, 15) is 4.79 Å². The lowest BCUT2D eigenvalue weighted by Gasteiger charge is -2.18. The van der Waals surface area contributed by atoms with Gasteiger partial charge in [0.05, 0.1) is 12.2 Å². The number of nitrogens with two attached hydrogens (primary N) is 1. The van der Waals surface area contributed by atoms with Gasteiger partial charge in [-0.25, -0.2) is 0 Å². The summed E-state index contributed by atoms with van der Waals surface area (Å²) in [6, 6.07) is 7.37. The Morgan fingerprint density at radius 1 is 1.42 bits per heavy atom. The Kier molecular flexibility index (Phi) is 4.76. The van der Waals surface area contributed by atoms with E-state index >= 15 is 0 Å². The highest BCUT2D eigenvalue weighted by atomic mass is 16.5. The molecular formula is C14H20N2O3. The van der Waals surface area contributed by atoms with E-state index in [1.807, 2.05) is 12.1 Å². The third-order valence-electron chi connectivity index (χ3n) is 3.17. The molecule has 1 amide bonds. The van der Waals surface area contributed by atoms with Crippen molar-refractivity contribution in [1.29, 1.82) is 0 Å². The molecule has 0 unspecified atom stereocenters. The van der Waals surface area contributed by atoms with Crippen LogP contribution in [0.2, 0.25) is 0 Å². The van der Waals surface area contributed by atoms with Gasteiger partial charge in [-0.15, -0.1) is 0 Å². The Morgan fingerprint density at radius 2 is 2.21 bits per heavy atom. The van der Waals surface area contributed by atoms with Crippen molar-refractivity contribution in [3.8, 4) is 5.75 Å². The zero-order chi connectivity index (χ0) is 13.7. The molecule has 0 spiro atoms. The minimum atomic E-state index is -0.0130. The van der Waals surface area contributed by atoms with Crippen LogP contribution in [-0.2, 0) is 4.74 Å². The Balaban J connectivity index is 2.08. The molecule has 2 N–H and O–H groups in total. The van der Waals surface area contributed by atoms with E-state index in [1.54, 1.807) is 24.1 Å². The third kappa shape index (κ3) is 3.45. The Hall–Kier alpha value is -1.59. The molecule has 0 aromatic heterocycles. The number of carbonyl (C=O) groups excluding carboxylic acids is 1. The van der Waals surface area contributed by atoms with Crippen LogP contribution in [-0.4, -0.2) is 50.3 Å². The highest BCUT2D eigenvalue weighted by molar-refractivity contribution is 5.97. The number of rotatable bonds is 5. The van der Waals surface area contributed by atoms with Crippen molar-refractivity contribution in [2.24, 2.45) is 5.73 Å². The fourth-order valence-electron chi connectivity index (χ4n) is 2.15. The van der Waals surface area contributed by atoms with Crippen molar-refractivity contribution in [3.63, 3.8) is 0 Å². The van der Waals surface area contributed by atoms with Crippen LogP contribution in [0.25, 0.3) is 0 Å². The lowest BCUT2D eigenvalue weighted by molar-refractivity contribution is 0.0783. The maximum atomic E-state index is 12.4. The van der Waals surface area contributed by atoms with Gasteiger partial charge in [-0.2, -0.15) is 0 Å². The van der Waals surface area contributed by atoms with Gasteiger partial charge in [-0.3, -0.25) is 4.79 Å². The van der Waals surface area contributed by atoms with Gasteiger partial charge >= 0.3 is 0 Å². The standard InChI is InChI=1S/C14H20N2O3/c1-18-8-9-19-13-5-3-2-4-12(13)14(17)16-7-6-11(15)10-16/h2-5,11H,6-10,15H2,1H3/t11-/m1/s1. The van der Waals surface area contributed by atoms with Crippen LogP contribution in [0.15, 0.2) is 24.3 Å². The van der Waals surface area contributed by atoms with Crippen molar-refractivity contribution < 1.29 is 14.3 Å². The van der Waals surface area contributed by atoms with Gasteiger partial charge in [0.15, 0.2) is 0 Å². The predicted molar refractivity (Wildman–Crippen MR) is 72.3 cm³/mol. The number of amides is 1. The van der Waals surface area contributed by atoms with Crippen LogP contribution in [0.5, 0.6) is 5.75 Å². The van der Waals surface area contributed by atoms with Crippen molar-refractivity contribution in [2.75, 3.05) is 33.4 Å². The van der Waals surface area contributed by atoms with Gasteiger partial charge in [0.1, 0.15) is 12.4 Å². The highest BCUT2D eigenvalue weighted by Crippen LogP contribution is 2.21. The molecule has 1 aromatic rings. The van der Waals surface area contributed by atoms with Crippen LogP contribution in [0.1, 0.15) is 16.8 Å². The zero-order valence-corrected chi connectivity index (χ0v) is 11.2. The Bertz CT molecular complexity index is 436. The van der Waals surface area contributed by atoms with Gasteiger partial charge in [-0.1, -0.05) is 12.1 Å². The van der Waals surface area contributed by atoms with E-state index in [1.165, 1.54) is 0 Å². The van der Waals surface area contributed by atoms with E-state index in [0.29, 0.717) is 37.6 Å². The van der Waals surface area contributed by atoms with Crippen LogP contribution in [0, 0.1) is 0 Å². The van der Waals surface area contributed by atoms with Crippen molar-refractivity contribution in [2.45, 2.75) is 12.5 Å². The number of methoxy groups -OCH3 is 1. The second-order valence-corrected chi connectivity index (χ2v) is 4.64. The summed E-state index contributed by atoms with van der Waals surface area (Å²) in [4.78, 5) is 14.2. The first-order valence-electron chi connectivity index (χ1n) is 6.48. The lowest BCUT2D eigenvalue weighted by Crippen LogP contribution is -2.32. The monoisotopic (exact) mass is 264 g/mol. The highest BCUT2D eigenvalue weighted by Gasteiger charge is 2.26. The van der Waals surface area contributed by atoms with Crippen LogP contribution in [0.4, 0.5) is 0 Å². The average Bonchev–Trinajstić information content (AvgIpc) is 2.85. The summed E-state index contributed by atoms with van der Waals surface area (Å²) in [6.07, 6.45) is 0.860. The topological polar surface area (TPSA) is 64.8 Å². The second-order valence-electron chi connectivity index (χ2n) is 4.64. The van der Waals surface area contributed by atoms with Gasteiger partial charge in [0.2, 0.25) is 0 Å². The van der Waals surface area contributed by atoms with Crippen LogP contribution in [0.3, 0.4) is 0 Å². The predicted octanol–water partition coefficient (Wildman–Crippen LogP) is 0.885. The molecule has 0 bridgehead atoms. The number of para-hydroxylation sites is 1.